The summed E-state index contributed by atoms with van der Waals surface area (Å²) in [5, 5.41) is 2.07. The lowest BCUT2D eigenvalue weighted by Gasteiger charge is -2.33. The van der Waals surface area contributed by atoms with Crippen LogP contribution in [0.25, 0.3) is 0 Å². The van der Waals surface area contributed by atoms with Crippen molar-refractivity contribution in [3.05, 3.63) is 34.6 Å². The molecule has 0 saturated carbocycles. The highest BCUT2D eigenvalue weighted by Crippen LogP contribution is 2.19. The first-order valence-corrected chi connectivity index (χ1v) is 6.41. The monoisotopic (exact) mass is 298 g/mol. The molecular formula is C13H12ClFN2O3. The standard InChI is InChI=1S/C13H12ClFN2O3/c1-2-10-12(19)16-11(18)6-17(10)13(20)7-3-4-8(14)9(15)5-7/h3-5,10H,2,6H2,1H3,(H,16,18,19). The summed E-state index contributed by atoms with van der Waals surface area (Å²) < 4.78 is 13.4. The number of nitrogens with one attached hydrogen (secondary N) is 1. The van der Waals surface area contributed by atoms with Crippen LogP contribution in [0.3, 0.4) is 0 Å². The Bertz CT molecular complexity index is 591. The summed E-state index contributed by atoms with van der Waals surface area (Å²) in [6, 6.07) is 2.88. The van der Waals surface area contributed by atoms with Gasteiger partial charge in [-0.05, 0) is 24.6 Å². The molecule has 2 rings (SSSR count). The van der Waals surface area contributed by atoms with Crippen molar-refractivity contribution in [1.29, 1.82) is 0 Å². The molecule has 1 heterocycles. The van der Waals surface area contributed by atoms with E-state index in [2.05, 4.69) is 5.32 Å². The van der Waals surface area contributed by atoms with E-state index in [4.69, 9.17) is 11.6 Å². The Morgan fingerprint density at radius 2 is 2.20 bits per heavy atom. The number of benzene rings is 1. The van der Waals surface area contributed by atoms with Crippen LogP contribution in [-0.2, 0) is 9.59 Å². The molecule has 0 bridgehead atoms. The van der Waals surface area contributed by atoms with Crippen LogP contribution >= 0.6 is 11.6 Å². The smallest absolute Gasteiger partial charge is 0.255 e. The number of halogens is 2. The van der Waals surface area contributed by atoms with Crippen molar-refractivity contribution in [2.45, 2.75) is 19.4 Å². The maximum absolute atomic E-state index is 13.4. The average molecular weight is 299 g/mol. The van der Waals surface area contributed by atoms with Crippen LogP contribution in [-0.4, -0.2) is 35.2 Å². The number of rotatable bonds is 2. The third kappa shape index (κ3) is 2.65. The molecule has 106 valence electrons. The lowest BCUT2D eigenvalue weighted by atomic mass is 10.1. The second-order valence-corrected chi connectivity index (χ2v) is 4.81. The summed E-state index contributed by atoms with van der Waals surface area (Å²) in [5.41, 5.74) is 0.0489. The van der Waals surface area contributed by atoms with Gasteiger partial charge in [-0.2, -0.15) is 0 Å². The zero-order valence-corrected chi connectivity index (χ0v) is 11.4. The Kier molecular flexibility index (Phi) is 4.04. The Morgan fingerprint density at radius 3 is 2.80 bits per heavy atom. The molecule has 3 amide bonds. The molecule has 1 unspecified atom stereocenters. The van der Waals surface area contributed by atoms with Gasteiger partial charge in [0.1, 0.15) is 18.4 Å². The van der Waals surface area contributed by atoms with Crippen molar-refractivity contribution >= 4 is 29.3 Å². The van der Waals surface area contributed by atoms with Crippen LogP contribution < -0.4 is 5.32 Å². The van der Waals surface area contributed by atoms with Crippen molar-refractivity contribution < 1.29 is 18.8 Å². The van der Waals surface area contributed by atoms with E-state index in [1.165, 1.54) is 12.1 Å². The molecule has 0 radical (unpaired) electrons. The average Bonchev–Trinajstić information content (AvgIpc) is 2.40. The molecule has 0 aromatic heterocycles. The van der Waals surface area contributed by atoms with Crippen LogP contribution in [0.5, 0.6) is 0 Å². The normalized spacial score (nSPS) is 18.9. The van der Waals surface area contributed by atoms with Gasteiger partial charge in [-0.15, -0.1) is 0 Å². The van der Waals surface area contributed by atoms with Crippen molar-refractivity contribution in [1.82, 2.24) is 10.2 Å². The molecule has 5 nitrogen and oxygen atoms in total. The summed E-state index contributed by atoms with van der Waals surface area (Å²) in [6.45, 7) is 1.50. The third-order valence-electron chi connectivity index (χ3n) is 3.07. The van der Waals surface area contributed by atoms with Gasteiger partial charge in [-0.3, -0.25) is 19.7 Å². The number of piperazine rings is 1. The maximum Gasteiger partial charge on any atom is 0.255 e. The van der Waals surface area contributed by atoms with Gasteiger partial charge in [0, 0.05) is 5.56 Å². The van der Waals surface area contributed by atoms with Crippen molar-refractivity contribution in [3.8, 4) is 0 Å². The summed E-state index contributed by atoms with van der Waals surface area (Å²) in [7, 11) is 0. The molecule has 1 aliphatic heterocycles. The number of carbonyl (C=O) groups excluding carboxylic acids is 3. The molecule has 1 aromatic rings. The largest absolute Gasteiger partial charge is 0.317 e. The zero-order valence-electron chi connectivity index (χ0n) is 10.7. The van der Waals surface area contributed by atoms with Crippen LogP contribution in [0, 0.1) is 5.82 Å². The summed E-state index contributed by atoms with van der Waals surface area (Å²) in [4.78, 5) is 36.5. The second kappa shape index (κ2) is 5.58. The van der Waals surface area contributed by atoms with E-state index in [1.807, 2.05) is 0 Å². The maximum atomic E-state index is 13.4. The number of imide groups is 1. The van der Waals surface area contributed by atoms with Gasteiger partial charge < -0.3 is 4.90 Å². The Hall–Kier alpha value is -1.95. The van der Waals surface area contributed by atoms with Gasteiger partial charge in [0.2, 0.25) is 11.8 Å². The molecule has 0 aliphatic carbocycles. The van der Waals surface area contributed by atoms with E-state index in [9.17, 15) is 18.8 Å². The van der Waals surface area contributed by atoms with Gasteiger partial charge >= 0.3 is 0 Å². The van der Waals surface area contributed by atoms with E-state index in [1.54, 1.807) is 6.92 Å². The number of hydrogen-bond donors (Lipinski definition) is 1. The molecule has 1 aromatic carbocycles. The minimum absolute atomic E-state index is 0.0489. The first-order chi connectivity index (χ1) is 9.43. The Balaban J connectivity index is 2.32. The Labute approximate surface area is 119 Å². The van der Waals surface area contributed by atoms with Crippen molar-refractivity contribution in [2.24, 2.45) is 0 Å². The fourth-order valence-electron chi connectivity index (χ4n) is 2.08. The summed E-state index contributed by atoms with van der Waals surface area (Å²) in [6.07, 6.45) is 0.362. The third-order valence-corrected chi connectivity index (χ3v) is 3.38. The predicted octanol–water partition coefficient (Wildman–Crippen LogP) is 1.36. The zero-order chi connectivity index (χ0) is 14.9. The molecule has 1 atom stereocenters. The first kappa shape index (κ1) is 14.5. The van der Waals surface area contributed by atoms with E-state index in [0.717, 1.165) is 11.0 Å². The van der Waals surface area contributed by atoms with Crippen molar-refractivity contribution in [3.63, 3.8) is 0 Å². The molecule has 1 aliphatic rings. The van der Waals surface area contributed by atoms with Crippen LogP contribution in [0.4, 0.5) is 4.39 Å². The number of hydrogen-bond acceptors (Lipinski definition) is 3. The molecule has 20 heavy (non-hydrogen) atoms. The SMILES string of the molecule is CCC1C(=O)NC(=O)CN1C(=O)c1ccc(Cl)c(F)c1. The van der Waals surface area contributed by atoms with Crippen molar-refractivity contribution in [2.75, 3.05) is 6.54 Å². The van der Waals surface area contributed by atoms with Gasteiger partial charge in [0.25, 0.3) is 5.91 Å². The second-order valence-electron chi connectivity index (χ2n) is 4.40. The predicted molar refractivity (Wildman–Crippen MR) is 69.7 cm³/mol. The molecule has 1 N–H and O–H groups in total. The number of nitrogens with zero attached hydrogens (tertiary/aromatic N) is 1. The van der Waals surface area contributed by atoms with Gasteiger partial charge in [-0.1, -0.05) is 18.5 Å². The first-order valence-electron chi connectivity index (χ1n) is 6.03. The quantitative estimate of drug-likeness (QED) is 0.838. The summed E-state index contributed by atoms with van der Waals surface area (Å²) in [5.74, 6) is -2.37. The van der Waals surface area contributed by atoms with Crippen LogP contribution in [0.15, 0.2) is 18.2 Å². The molecule has 1 fully saturated rings. The van der Waals surface area contributed by atoms with Crippen LogP contribution in [0.1, 0.15) is 23.7 Å². The number of amides is 3. The van der Waals surface area contributed by atoms with E-state index in [0.29, 0.717) is 6.42 Å². The topological polar surface area (TPSA) is 66.5 Å². The van der Waals surface area contributed by atoms with E-state index in [-0.39, 0.29) is 17.1 Å². The fourth-order valence-corrected chi connectivity index (χ4v) is 2.20. The van der Waals surface area contributed by atoms with Gasteiger partial charge in [0.15, 0.2) is 0 Å². The highest BCUT2D eigenvalue weighted by Gasteiger charge is 2.35. The Morgan fingerprint density at radius 1 is 1.50 bits per heavy atom. The van der Waals surface area contributed by atoms with Crippen LogP contribution in [0.2, 0.25) is 5.02 Å². The lowest BCUT2D eigenvalue weighted by Crippen LogP contribution is -2.59. The molecule has 0 spiro atoms. The molecule has 7 heteroatoms. The minimum Gasteiger partial charge on any atom is -0.317 e. The molecule has 1 saturated heterocycles. The highest BCUT2D eigenvalue weighted by atomic mass is 35.5. The van der Waals surface area contributed by atoms with Gasteiger partial charge in [0.05, 0.1) is 5.02 Å². The fraction of sp³-hybridized carbons (Fsp3) is 0.308. The lowest BCUT2D eigenvalue weighted by molar-refractivity contribution is -0.138. The van der Waals surface area contributed by atoms with E-state index < -0.39 is 29.6 Å². The van der Waals surface area contributed by atoms with E-state index >= 15 is 0 Å². The highest BCUT2D eigenvalue weighted by molar-refractivity contribution is 6.30. The number of carbonyl (C=O) groups is 3. The minimum atomic E-state index is -0.737. The summed E-state index contributed by atoms with van der Waals surface area (Å²) >= 11 is 5.56. The van der Waals surface area contributed by atoms with Gasteiger partial charge in [-0.25, -0.2) is 4.39 Å². The molecular weight excluding hydrogens is 287 g/mol.